The Bertz CT molecular complexity index is 1610. The number of aryl methyl sites for hydroxylation is 4. The van der Waals surface area contributed by atoms with Crippen LogP contribution in [-0.4, -0.2) is 26.3 Å². The van der Waals surface area contributed by atoms with Gasteiger partial charge in [-0.2, -0.15) is 0 Å². The van der Waals surface area contributed by atoms with Gasteiger partial charge in [-0.3, -0.25) is 0 Å². The molecule has 6 rings (SSSR count). The Morgan fingerprint density at radius 3 is 2.41 bits per heavy atom. The summed E-state index contributed by atoms with van der Waals surface area (Å²) in [5, 5.41) is 8.72. The van der Waals surface area contributed by atoms with E-state index in [1.165, 1.54) is 16.7 Å². The van der Waals surface area contributed by atoms with Crippen molar-refractivity contribution in [2.24, 2.45) is 0 Å². The van der Waals surface area contributed by atoms with E-state index in [4.69, 9.17) is 22.1 Å². The number of anilines is 1. The highest BCUT2D eigenvalue weighted by Gasteiger charge is 2.29. The van der Waals surface area contributed by atoms with Crippen LogP contribution in [-0.2, 0) is 13.0 Å². The molecule has 0 saturated heterocycles. The molecular weight excluding hydrogens is 476 g/mol. The second-order valence-corrected chi connectivity index (χ2v) is 10.2. The van der Waals surface area contributed by atoms with Crippen LogP contribution in [0.25, 0.3) is 28.2 Å². The van der Waals surface area contributed by atoms with E-state index >= 15 is 0 Å². The monoisotopic (exact) mass is 506 g/mol. The standard InChI is InChI=1S/C31H30N4OS/c1-20-10-12-23(13-11-20)29-33-35-28(30(37)32-24-8-6-7-21(2)19-24)27(22-14-16-25(36-3)17-15-22)26-9-4-5-18-34(29)31(26)35/h6-8,10-17,19H,4-5,9,18H2,1-3H3,(H,32,37). The van der Waals surface area contributed by atoms with Crippen LogP contribution in [0.5, 0.6) is 5.75 Å². The molecule has 0 spiro atoms. The molecule has 1 N–H and O–H groups in total. The molecule has 3 heterocycles. The van der Waals surface area contributed by atoms with Crippen LogP contribution in [0.4, 0.5) is 5.69 Å². The molecule has 5 nitrogen and oxygen atoms in total. The first-order valence-electron chi connectivity index (χ1n) is 12.8. The number of benzene rings is 3. The Balaban J connectivity index is 1.60. The van der Waals surface area contributed by atoms with E-state index in [-0.39, 0.29) is 0 Å². The molecule has 0 saturated carbocycles. The maximum absolute atomic E-state index is 6.11. The Morgan fingerprint density at radius 1 is 0.919 bits per heavy atom. The smallest absolute Gasteiger partial charge is 0.162 e. The van der Waals surface area contributed by atoms with E-state index in [1.54, 1.807) is 7.11 Å². The number of hydrogen-bond donors (Lipinski definition) is 1. The number of thiocarbonyl (C=S) groups is 1. The Labute approximate surface area is 222 Å². The molecule has 5 aromatic rings. The van der Waals surface area contributed by atoms with Gasteiger partial charge in [-0.05, 0) is 68.5 Å². The van der Waals surface area contributed by atoms with Gasteiger partial charge in [-0.1, -0.05) is 66.3 Å². The highest BCUT2D eigenvalue weighted by Crippen LogP contribution is 2.39. The van der Waals surface area contributed by atoms with E-state index in [1.807, 2.05) is 18.2 Å². The largest absolute Gasteiger partial charge is 0.497 e. The topological polar surface area (TPSA) is 43.5 Å². The van der Waals surface area contributed by atoms with Gasteiger partial charge in [0.2, 0.25) is 0 Å². The lowest BCUT2D eigenvalue weighted by molar-refractivity contribution is 0.415. The molecular formula is C31H30N4OS. The van der Waals surface area contributed by atoms with Crippen LogP contribution < -0.4 is 10.1 Å². The fourth-order valence-electron chi connectivity index (χ4n) is 5.35. The SMILES string of the molecule is COc1ccc(-c2c3c4n(c(-c5ccc(C)cc5)nn4c2C(=S)Nc2cccc(C)c2)CCCC3)cc1. The number of nitrogens with one attached hydrogen (secondary N) is 1. The van der Waals surface area contributed by atoms with Crippen molar-refractivity contribution in [1.29, 1.82) is 0 Å². The van der Waals surface area contributed by atoms with Crippen LogP contribution >= 0.6 is 12.2 Å². The molecule has 186 valence electrons. The molecule has 0 atom stereocenters. The molecule has 2 aromatic heterocycles. The number of rotatable bonds is 5. The highest BCUT2D eigenvalue weighted by molar-refractivity contribution is 7.81. The molecule has 1 aliphatic heterocycles. The first-order valence-corrected chi connectivity index (χ1v) is 13.2. The van der Waals surface area contributed by atoms with Gasteiger partial charge < -0.3 is 14.6 Å². The number of methoxy groups -OCH3 is 1. The third-order valence-corrected chi connectivity index (χ3v) is 7.46. The molecule has 37 heavy (non-hydrogen) atoms. The van der Waals surface area contributed by atoms with Gasteiger partial charge in [0, 0.05) is 28.9 Å². The summed E-state index contributed by atoms with van der Waals surface area (Å²) >= 11 is 6.11. The van der Waals surface area contributed by atoms with Gasteiger partial charge in [0.1, 0.15) is 22.1 Å². The summed E-state index contributed by atoms with van der Waals surface area (Å²) in [6.45, 7) is 5.14. The van der Waals surface area contributed by atoms with Crippen molar-refractivity contribution in [3.8, 4) is 28.3 Å². The molecule has 0 unspecified atom stereocenters. The summed E-state index contributed by atoms with van der Waals surface area (Å²) < 4.78 is 9.91. The zero-order chi connectivity index (χ0) is 25.5. The molecule has 0 aliphatic carbocycles. The van der Waals surface area contributed by atoms with Crippen LogP contribution in [0.3, 0.4) is 0 Å². The van der Waals surface area contributed by atoms with Gasteiger partial charge in [-0.25, -0.2) is 4.52 Å². The predicted octanol–water partition coefficient (Wildman–Crippen LogP) is 7.22. The summed E-state index contributed by atoms with van der Waals surface area (Å²) in [4.78, 5) is 0.665. The number of hydrogen-bond acceptors (Lipinski definition) is 3. The normalized spacial score (nSPS) is 12.9. The molecule has 6 heteroatoms. The third-order valence-electron chi connectivity index (χ3n) is 7.16. The van der Waals surface area contributed by atoms with E-state index in [0.717, 1.165) is 71.1 Å². The van der Waals surface area contributed by atoms with Crippen molar-refractivity contribution < 1.29 is 4.74 Å². The Morgan fingerprint density at radius 2 is 1.68 bits per heavy atom. The lowest BCUT2D eigenvalue weighted by Gasteiger charge is -2.12. The van der Waals surface area contributed by atoms with E-state index in [2.05, 4.69) is 82.8 Å². The minimum absolute atomic E-state index is 0.665. The number of aromatic nitrogens is 3. The van der Waals surface area contributed by atoms with Crippen molar-refractivity contribution in [2.45, 2.75) is 39.7 Å². The lowest BCUT2D eigenvalue weighted by Crippen LogP contribution is -2.15. The van der Waals surface area contributed by atoms with Crippen molar-refractivity contribution in [1.82, 2.24) is 14.2 Å². The van der Waals surface area contributed by atoms with Gasteiger partial charge in [-0.15, -0.1) is 5.10 Å². The van der Waals surface area contributed by atoms with Crippen LogP contribution in [0.15, 0.2) is 72.8 Å². The van der Waals surface area contributed by atoms with Crippen molar-refractivity contribution in [2.75, 3.05) is 12.4 Å². The summed E-state index contributed by atoms with van der Waals surface area (Å²) in [7, 11) is 1.70. The Kier molecular flexibility index (Phi) is 6.05. The summed E-state index contributed by atoms with van der Waals surface area (Å²) in [6, 6.07) is 25.2. The van der Waals surface area contributed by atoms with Crippen molar-refractivity contribution in [3.63, 3.8) is 0 Å². The quantitative estimate of drug-likeness (QED) is 0.256. The van der Waals surface area contributed by atoms with Crippen molar-refractivity contribution in [3.05, 3.63) is 95.2 Å². The minimum Gasteiger partial charge on any atom is -0.497 e. The second kappa shape index (κ2) is 9.52. The number of ether oxygens (including phenoxy) is 1. The Hall–Kier alpha value is -3.90. The third kappa shape index (κ3) is 4.21. The van der Waals surface area contributed by atoms with E-state index in [0.29, 0.717) is 4.99 Å². The summed E-state index contributed by atoms with van der Waals surface area (Å²) in [5.74, 6) is 1.82. The zero-order valence-electron chi connectivity index (χ0n) is 21.4. The molecule has 0 fully saturated rings. The fourth-order valence-corrected chi connectivity index (χ4v) is 5.65. The van der Waals surface area contributed by atoms with Gasteiger partial charge in [0.05, 0.1) is 7.11 Å². The first-order chi connectivity index (χ1) is 18.0. The second-order valence-electron chi connectivity index (χ2n) is 9.79. The first kappa shape index (κ1) is 23.5. The predicted molar refractivity (Wildman–Crippen MR) is 155 cm³/mol. The summed E-state index contributed by atoms with van der Waals surface area (Å²) in [6.07, 6.45) is 3.22. The molecule has 0 radical (unpaired) electrons. The van der Waals surface area contributed by atoms with Crippen LogP contribution in [0.1, 0.15) is 35.2 Å². The van der Waals surface area contributed by atoms with Crippen LogP contribution in [0, 0.1) is 13.8 Å². The fraction of sp³-hybridized carbons (Fsp3) is 0.226. The molecule has 0 amide bonds. The average Bonchev–Trinajstić information content (AvgIpc) is 3.32. The molecule has 3 aromatic carbocycles. The average molecular weight is 507 g/mol. The lowest BCUT2D eigenvalue weighted by atomic mass is 9.98. The van der Waals surface area contributed by atoms with Crippen molar-refractivity contribution >= 4 is 28.5 Å². The highest BCUT2D eigenvalue weighted by atomic mass is 32.1. The summed E-state index contributed by atoms with van der Waals surface area (Å²) in [5.41, 5.74) is 10.2. The maximum Gasteiger partial charge on any atom is 0.162 e. The molecule has 0 bridgehead atoms. The van der Waals surface area contributed by atoms with Gasteiger partial charge in [0.15, 0.2) is 5.82 Å². The maximum atomic E-state index is 6.11. The zero-order valence-corrected chi connectivity index (χ0v) is 22.2. The minimum atomic E-state index is 0.665. The van der Waals surface area contributed by atoms with E-state index < -0.39 is 0 Å². The molecule has 1 aliphatic rings. The van der Waals surface area contributed by atoms with Gasteiger partial charge >= 0.3 is 0 Å². The van der Waals surface area contributed by atoms with E-state index in [9.17, 15) is 0 Å². The number of nitrogens with zero attached hydrogens (tertiary/aromatic N) is 3. The van der Waals surface area contributed by atoms with Gasteiger partial charge in [0.25, 0.3) is 0 Å². The van der Waals surface area contributed by atoms with Crippen LogP contribution in [0.2, 0.25) is 0 Å².